The molecule has 0 saturated carbocycles. The van der Waals surface area contributed by atoms with Crippen molar-refractivity contribution in [1.29, 1.82) is 5.26 Å². The lowest BCUT2D eigenvalue weighted by Gasteiger charge is -2.17. The van der Waals surface area contributed by atoms with E-state index < -0.39 is 5.90 Å². The highest BCUT2D eigenvalue weighted by atomic mass is 32.2. The van der Waals surface area contributed by atoms with Gasteiger partial charge in [0.15, 0.2) is 18.0 Å². The van der Waals surface area contributed by atoms with Crippen molar-refractivity contribution in [2.24, 2.45) is 4.99 Å². The van der Waals surface area contributed by atoms with Crippen molar-refractivity contribution >= 4 is 23.5 Å². The van der Waals surface area contributed by atoms with E-state index in [1.807, 2.05) is 55.5 Å². The molecule has 0 saturated heterocycles. The number of thioether (sulfide) groups is 1. The SMILES string of the molecule is CC[n+]1cc(/N=C(\[O-])CSc2nc(-c3ccccc3)cc(-c3cccc(OC)c3OC)c2C#N)on1. The van der Waals surface area contributed by atoms with Gasteiger partial charge in [0.1, 0.15) is 11.1 Å². The van der Waals surface area contributed by atoms with E-state index >= 15 is 0 Å². The highest BCUT2D eigenvalue weighted by Crippen LogP contribution is 2.42. The first-order chi connectivity index (χ1) is 17.6. The number of nitriles is 1. The Labute approximate surface area is 212 Å². The topological polar surface area (TPSA) is 120 Å². The quantitative estimate of drug-likeness (QED) is 0.147. The Morgan fingerprint density at radius 3 is 2.61 bits per heavy atom. The zero-order valence-electron chi connectivity index (χ0n) is 20.0. The van der Waals surface area contributed by atoms with Crippen molar-refractivity contribution in [3.05, 3.63) is 66.4 Å². The summed E-state index contributed by atoms with van der Waals surface area (Å²) in [6, 6.07) is 19.2. The first-order valence-corrected chi connectivity index (χ1v) is 12.0. The van der Waals surface area contributed by atoms with E-state index in [2.05, 4.69) is 16.3 Å². The summed E-state index contributed by atoms with van der Waals surface area (Å²) in [5.41, 5.74) is 3.14. The van der Waals surface area contributed by atoms with Gasteiger partial charge in [-0.1, -0.05) is 58.9 Å². The van der Waals surface area contributed by atoms with E-state index in [-0.39, 0.29) is 11.6 Å². The first-order valence-electron chi connectivity index (χ1n) is 11.0. The Kier molecular flexibility index (Phi) is 7.82. The van der Waals surface area contributed by atoms with Crippen LogP contribution in [0.4, 0.5) is 5.88 Å². The van der Waals surface area contributed by atoms with E-state index in [9.17, 15) is 10.4 Å². The molecular weight excluding hydrogens is 478 g/mol. The van der Waals surface area contributed by atoms with E-state index in [4.69, 9.17) is 19.0 Å². The largest absolute Gasteiger partial charge is 0.861 e. The minimum Gasteiger partial charge on any atom is -0.861 e. The summed E-state index contributed by atoms with van der Waals surface area (Å²) in [5.74, 6) is 0.683. The van der Waals surface area contributed by atoms with Gasteiger partial charge in [-0.25, -0.2) is 9.98 Å². The molecule has 4 rings (SSSR count). The molecule has 0 N–H and O–H groups in total. The number of hydrogen-bond acceptors (Lipinski definition) is 9. The van der Waals surface area contributed by atoms with Gasteiger partial charge in [0.25, 0.3) is 6.20 Å². The minimum absolute atomic E-state index is 0.0402. The molecule has 10 heteroatoms. The molecule has 0 spiro atoms. The fourth-order valence-corrected chi connectivity index (χ4v) is 4.34. The van der Waals surface area contributed by atoms with Crippen LogP contribution in [0, 0.1) is 11.3 Å². The van der Waals surface area contributed by atoms with Crippen molar-refractivity contribution in [3.63, 3.8) is 0 Å². The van der Waals surface area contributed by atoms with Gasteiger partial charge in [0.2, 0.25) is 5.27 Å². The number of rotatable bonds is 9. The highest BCUT2D eigenvalue weighted by Gasteiger charge is 2.20. The Bertz CT molecular complexity index is 1430. The van der Waals surface area contributed by atoms with Crippen LogP contribution in [0.2, 0.25) is 0 Å². The Balaban J connectivity index is 1.79. The van der Waals surface area contributed by atoms with Gasteiger partial charge in [-0.15, -0.1) is 0 Å². The number of ether oxygens (including phenoxy) is 2. The predicted molar refractivity (Wildman–Crippen MR) is 133 cm³/mol. The molecule has 0 aliphatic heterocycles. The molecule has 0 bridgehead atoms. The average Bonchev–Trinajstić information content (AvgIpc) is 3.38. The smallest absolute Gasteiger partial charge is 0.320 e. The van der Waals surface area contributed by atoms with Crippen LogP contribution in [-0.4, -0.2) is 36.1 Å². The highest BCUT2D eigenvalue weighted by molar-refractivity contribution is 8.00. The molecule has 0 aliphatic rings. The number of aromatic nitrogens is 3. The van der Waals surface area contributed by atoms with E-state index in [1.54, 1.807) is 26.5 Å². The maximum atomic E-state index is 12.5. The lowest BCUT2D eigenvalue weighted by molar-refractivity contribution is -0.759. The Morgan fingerprint density at radius 2 is 1.94 bits per heavy atom. The van der Waals surface area contributed by atoms with Crippen LogP contribution in [0.5, 0.6) is 11.5 Å². The van der Waals surface area contributed by atoms with E-state index in [0.29, 0.717) is 45.5 Å². The summed E-state index contributed by atoms with van der Waals surface area (Å²) in [5, 5.41) is 26.8. The molecule has 0 fully saturated rings. The Morgan fingerprint density at radius 1 is 1.14 bits per heavy atom. The van der Waals surface area contributed by atoms with Crippen LogP contribution in [0.3, 0.4) is 0 Å². The van der Waals surface area contributed by atoms with Crippen molar-refractivity contribution in [2.45, 2.75) is 18.5 Å². The maximum Gasteiger partial charge on any atom is 0.320 e. The molecule has 4 aromatic rings. The van der Waals surface area contributed by atoms with Gasteiger partial charge >= 0.3 is 5.88 Å². The standard InChI is InChI=1S/C26H23N5O4S/c1-4-31-15-24(35-30-31)29-23(32)16-36-26-20(14-27)19(13-21(28-26)17-9-6-5-7-10-17)18-11-8-12-22(33-2)25(18)34-3/h5-13,15H,4,16H2,1-3H3. The monoisotopic (exact) mass is 501 g/mol. The molecule has 182 valence electrons. The molecule has 36 heavy (non-hydrogen) atoms. The van der Waals surface area contributed by atoms with E-state index in [0.717, 1.165) is 17.3 Å². The van der Waals surface area contributed by atoms with Crippen molar-refractivity contribution in [2.75, 3.05) is 20.0 Å². The van der Waals surface area contributed by atoms with Crippen LogP contribution in [0.1, 0.15) is 12.5 Å². The second kappa shape index (κ2) is 11.4. The fourth-order valence-electron chi connectivity index (χ4n) is 3.56. The maximum absolute atomic E-state index is 12.5. The molecule has 0 aliphatic carbocycles. The number of hydrogen-bond donors (Lipinski definition) is 0. The molecule has 2 heterocycles. The molecule has 0 amide bonds. The van der Waals surface area contributed by atoms with Crippen LogP contribution >= 0.6 is 11.8 Å². The second-order valence-corrected chi connectivity index (χ2v) is 8.41. The zero-order valence-corrected chi connectivity index (χ0v) is 20.8. The molecule has 0 radical (unpaired) electrons. The fraction of sp³-hybridized carbons (Fsp3) is 0.192. The summed E-state index contributed by atoms with van der Waals surface area (Å²) in [4.78, 5) is 8.68. The van der Waals surface area contributed by atoms with Crippen molar-refractivity contribution in [1.82, 2.24) is 10.3 Å². The van der Waals surface area contributed by atoms with E-state index in [1.165, 1.54) is 4.68 Å². The van der Waals surface area contributed by atoms with Crippen LogP contribution in [0.15, 0.2) is 75.3 Å². The molecule has 0 atom stereocenters. The summed E-state index contributed by atoms with van der Waals surface area (Å²) < 4.78 is 17.7. The summed E-state index contributed by atoms with van der Waals surface area (Å²) >= 11 is 1.13. The van der Waals surface area contributed by atoms with Crippen LogP contribution < -0.4 is 19.3 Å². The molecular formula is C26H23N5O4S. The lowest BCUT2D eigenvalue weighted by atomic mass is 9.98. The average molecular weight is 502 g/mol. The van der Waals surface area contributed by atoms with Crippen LogP contribution in [-0.2, 0) is 6.54 Å². The summed E-state index contributed by atoms with van der Waals surface area (Å²) in [7, 11) is 3.11. The van der Waals surface area contributed by atoms with Gasteiger partial charge in [0.05, 0.1) is 25.5 Å². The predicted octanol–water partition coefficient (Wildman–Crippen LogP) is 3.78. The molecule has 9 nitrogen and oxygen atoms in total. The zero-order chi connectivity index (χ0) is 25.5. The van der Waals surface area contributed by atoms with Crippen LogP contribution in [0.25, 0.3) is 22.4 Å². The number of nitrogens with zero attached hydrogens (tertiary/aromatic N) is 5. The number of para-hydroxylation sites is 1. The van der Waals surface area contributed by atoms with Crippen molar-refractivity contribution < 1.29 is 23.8 Å². The third-order valence-electron chi connectivity index (χ3n) is 5.25. The van der Waals surface area contributed by atoms with Gasteiger partial charge in [-0.05, 0) is 25.0 Å². The second-order valence-electron chi connectivity index (χ2n) is 7.44. The number of methoxy groups -OCH3 is 2. The lowest BCUT2D eigenvalue weighted by Crippen LogP contribution is -2.32. The van der Waals surface area contributed by atoms with Crippen molar-refractivity contribution in [3.8, 4) is 40.0 Å². The number of benzene rings is 2. The number of aliphatic imine (C=N–C) groups is 1. The van der Waals surface area contributed by atoms with Gasteiger partial charge in [0, 0.05) is 22.4 Å². The third-order valence-corrected chi connectivity index (χ3v) is 6.21. The third kappa shape index (κ3) is 5.31. The first kappa shape index (κ1) is 24.8. The molecule has 2 aromatic carbocycles. The normalized spacial score (nSPS) is 11.2. The minimum atomic E-state index is -0.435. The Hall–Kier alpha value is -4.36. The number of pyridine rings is 1. The van der Waals surface area contributed by atoms with Gasteiger partial charge < -0.3 is 14.6 Å². The summed E-state index contributed by atoms with van der Waals surface area (Å²) in [6.45, 7) is 2.49. The van der Waals surface area contributed by atoms with Gasteiger partial charge in [-0.3, -0.25) is 4.52 Å². The molecule has 2 aromatic heterocycles. The molecule has 0 unspecified atom stereocenters. The summed E-state index contributed by atoms with van der Waals surface area (Å²) in [6.07, 6.45) is 1.55. The van der Waals surface area contributed by atoms with Gasteiger partial charge in [-0.2, -0.15) is 5.26 Å². The number of aryl methyl sites for hydroxylation is 1.